The average Bonchev–Trinajstić information content (AvgIpc) is 2.77. The third-order valence-corrected chi connectivity index (χ3v) is 3.23. The molecule has 7 nitrogen and oxygen atoms in total. The number of hydrogen-bond acceptors (Lipinski definition) is 4. The molecule has 1 aromatic heterocycles. The number of carboxylic acid groups (broad SMARTS) is 1. The molecule has 0 saturated heterocycles. The van der Waals surface area contributed by atoms with Crippen molar-refractivity contribution in [3.05, 3.63) is 41.2 Å². The van der Waals surface area contributed by atoms with Gasteiger partial charge >= 0.3 is 5.97 Å². The number of carbonyl (C=O) groups excluding carboxylic acids is 1. The highest BCUT2D eigenvalue weighted by molar-refractivity contribution is 5.91. The Hall–Kier alpha value is -2.83. The van der Waals surface area contributed by atoms with E-state index in [0.29, 0.717) is 11.4 Å². The zero-order chi connectivity index (χ0) is 17.0. The van der Waals surface area contributed by atoms with Gasteiger partial charge < -0.3 is 15.2 Å². The number of aliphatic carboxylic acids is 1. The highest BCUT2D eigenvalue weighted by Crippen LogP contribution is 2.21. The number of amides is 1. The van der Waals surface area contributed by atoms with E-state index in [9.17, 15) is 9.59 Å². The molecular weight excluding hydrogens is 298 g/mol. The number of anilines is 1. The highest BCUT2D eigenvalue weighted by atomic mass is 16.5. The summed E-state index contributed by atoms with van der Waals surface area (Å²) in [6, 6.07) is 6.90. The Morgan fingerprint density at radius 1 is 1.26 bits per heavy atom. The normalized spacial score (nSPS) is 10.4. The van der Waals surface area contributed by atoms with E-state index >= 15 is 0 Å². The standard InChI is InChI=1S/C16H19N3O4/c1-10-6-13(23-9-16(21)22)4-5-14(10)17-15(20)8-19-12(3)7-11(2)18-19/h4-7H,8-9H2,1-3H3,(H,17,20)(H,21,22). The molecule has 1 aromatic carbocycles. The van der Waals surface area contributed by atoms with Crippen molar-refractivity contribution in [2.75, 3.05) is 11.9 Å². The first-order valence-electron chi connectivity index (χ1n) is 7.11. The first-order valence-corrected chi connectivity index (χ1v) is 7.11. The minimum atomic E-state index is -1.04. The maximum Gasteiger partial charge on any atom is 0.341 e. The van der Waals surface area contributed by atoms with Crippen LogP contribution in [0.4, 0.5) is 5.69 Å². The van der Waals surface area contributed by atoms with E-state index in [-0.39, 0.29) is 12.5 Å². The number of nitrogens with zero attached hydrogens (tertiary/aromatic N) is 2. The maximum absolute atomic E-state index is 12.1. The molecule has 0 aliphatic carbocycles. The first-order chi connectivity index (χ1) is 10.8. The summed E-state index contributed by atoms with van der Waals surface area (Å²) in [6.07, 6.45) is 0. The topological polar surface area (TPSA) is 93.5 Å². The second-order valence-corrected chi connectivity index (χ2v) is 5.29. The SMILES string of the molecule is Cc1cc(C)n(CC(=O)Nc2ccc(OCC(=O)O)cc2C)n1. The molecule has 0 fully saturated rings. The van der Waals surface area contributed by atoms with Crippen LogP contribution in [0.5, 0.6) is 5.75 Å². The third kappa shape index (κ3) is 4.57. The quantitative estimate of drug-likeness (QED) is 0.849. The fourth-order valence-electron chi connectivity index (χ4n) is 2.17. The summed E-state index contributed by atoms with van der Waals surface area (Å²) in [4.78, 5) is 22.6. The minimum Gasteiger partial charge on any atom is -0.482 e. The molecule has 23 heavy (non-hydrogen) atoms. The van der Waals surface area contributed by atoms with Crippen molar-refractivity contribution in [1.29, 1.82) is 0 Å². The molecule has 1 heterocycles. The van der Waals surface area contributed by atoms with Crippen LogP contribution in [-0.2, 0) is 16.1 Å². The van der Waals surface area contributed by atoms with Crippen LogP contribution in [-0.4, -0.2) is 33.4 Å². The van der Waals surface area contributed by atoms with Gasteiger partial charge in [0.25, 0.3) is 0 Å². The van der Waals surface area contributed by atoms with E-state index < -0.39 is 12.6 Å². The number of hydrogen-bond donors (Lipinski definition) is 2. The summed E-state index contributed by atoms with van der Waals surface area (Å²) < 4.78 is 6.74. The number of carboxylic acids is 1. The molecule has 1 amide bonds. The summed E-state index contributed by atoms with van der Waals surface area (Å²) in [5.41, 5.74) is 3.23. The Labute approximate surface area is 133 Å². The van der Waals surface area contributed by atoms with E-state index in [1.165, 1.54) is 0 Å². The van der Waals surface area contributed by atoms with Gasteiger partial charge in [0, 0.05) is 11.4 Å². The molecule has 0 spiro atoms. The molecule has 0 saturated carbocycles. The van der Waals surface area contributed by atoms with Crippen molar-refractivity contribution in [3.63, 3.8) is 0 Å². The van der Waals surface area contributed by atoms with Crippen LogP contribution in [0.3, 0.4) is 0 Å². The summed E-state index contributed by atoms with van der Waals surface area (Å²) in [5.74, 6) is -0.773. The monoisotopic (exact) mass is 317 g/mol. The molecule has 0 bridgehead atoms. The molecule has 2 N–H and O–H groups in total. The van der Waals surface area contributed by atoms with Crippen molar-refractivity contribution >= 4 is 17.6 Å². The molecule has 0 aliphatic rings. The van der Waals surface area contributed by atoms with Gasteiger partial charge in [-0.1, -0.05) is 0 Å². The van der Waals surface area contributed by atoms with Gasteiger partial charge in [-0.15, -0.1) is 0 Å². The first kappa shape index (κ1) is 16.5. The summed E-state index contributed by atoms with van der Waals surface area (Å²) >= 11 is 0. The molecular formula is C16H19N3O4. The lowest BCUT2D eigenvalue weighted by molar-refractivity contribution is -0.139. The van der Waals surface area contributed by atoms with E-state index in [1.807, 2.05) is 26.8 Å². The molecule has 2 aromatic rings. The number of ether oxygens (including phenoxy) is 1. The van der Waals surface area contributed by atoms with Crippen LogP contribution in [0, 0.1) is 20.8 Å². The molecule has 0 unspecified atom stereocenters. The molecule has 0 aliphatic heterocycles. The van der Waals surface area contributed by atoms with Gasteiger partial charge in [0.1, 0.15) is 12.3 Å². The van der Waals surface area contributed by atoms with Gasteiger partial charge in [-0.25, -0.2) is 4.79 Å². The number of carbonyl (C=O) groups is 2. The molecule has 122 valence electrons. The minimum absolute atomic E-state index is 0.135. The van der Waals surface area contributed by atoms with Gasteiger partial charge in [-0.2, -0.15) is 5.10 Å². The number of aryl methyl sites for hydroxylation is 3. The number of aromatic nitrogens is 2. The number of benzene rings is 1. The van der Waals surface area contributed by atoms with Crippen molar-refractivity contribution in [2.45, 2.75) is 27.3 Å². The highest BCUT2D eigenvalue weighted by Gasteiger charge is 2.10. The zero-order valence-corrected chi connectivity index (χ0v) is 13.3. The van der Waals surface area contributed by atoms with Gasteiger partial charge in [-0.05, 0) is 50.6 Å². The van der Waals surface area contributed by atoms with E-state index in [1.54, 1.807) is 22.9 Å². The Morgan fingerprint density at radius 3 is 2.57 bits per heavy atom. The van der Waals surface area contributed by atoms with Crippen LogP contribution in [0.15, 0.2) is 24.3 Å². The van der Waals surface area contributed by atoms with Crippen molar-refractivity contribution in [1.82, 2.24) is 9.78 Å². The lowest BCUT2D eigenvalue weighted by Gasteiger charge is -2.11. The fraction of sp³-hybridized carbons (Fsp3) is 0.312. The Balaban J connectivity index is 2.00. The molecule has 0 radical (unpaired) electrons. The van der Waals surface area contributed by atoms with Crippen LogP contribution in [0.2, 0.25) is 0 Å². The predicted octanol–water partition coefficient (Wildman–Crippen LogP) is 1.91. The van der Waals surface area contributed by atoms with Crippen LogP contribution < -0.4 is 10.1 Å². The molecule has 0 atom stereocenters. The fourth-order valence-corrected chi connectivity index (χ4v) is 2.17. The maximum atomic E-state index is 12.1. The summed E-state index contributed by atoms with van der Waals surface area (Å²) in [6.45, 7) is 5.32. The van der Waals surface area contributed by atoms with E-state index in [0.717, 1.165) is 17.0 Å². The van der Waals surface area contributed by atoms with Crippen molar-refractivity contribution in [3.8, 4) is 5.75 Å². The third-order valence-electron chi connectivity index (χ3n) is 3.23. The summed E-state index contributed by atoms with van der Waals surface area (Å²) in [5, 5.41) is 15.7. The molecule has 2 rings (SSSR count). The lowest BCUT2D eigenvalue weighted by Crippen LogP contribution is -2.20. The second-order valence-electron chi connectivity index (χ2n) is 5.29. The Kier molecular flexibility index (Phi) is 5.00. The second kappa shape index (κ2) is 6.95. The molecule has 7 heteroatoms. The van der Waals surface area contributed by atoms with Gasteiger partial charge in [0.05, 0.1) is 5.69 Å². The van der Waals surface area contributed by atoms with Crippen LogP contribution in [0.25, 0.3) is 0 Å². The van der Waals surface area contributed by atoms with E-state index in [2.05, 4.69) is 10.4 Å². The van der Waals surface area contributed by atoms with Crippen LogP contribution >= 0.6 is 0 Å². The summed E-state index contributed by atoms with van der Waals surface area (Å²) in [7, 11) is 0. The van der Waals surface area contributed by atoms with Gasteiger partial charge in [0.15, 0.2) is 6.61 Å². The number of nitrogens with one attached hydrogen (secondary N) is 1. The smallest absolute Gasteiger partial charge is 0.341 e. The van der Waals surface area contributed by atoms with Gasteiger partial charge in [-0.3, -0.25) is 9.48 Å². The largest absolute Gasteiger partial charge is 0.482 e. The van der Waals surface area contributed by atoms with Crippen molar-refractivity contribution in [2.24, 2.45) is 0 Å². The van der Waals surface area contributed by atoms with E-state index in [4.69, 9.17) is 9.84 Å². The van der Waals surface area contributed by atoms with Crippen molar-refractivity contribution < 1.29 is 19.4 Å². The van der Waals surface area contributed by atoms with Crippen LogP contribution in [0.1, 0.15) is 17.0 Å². The average molecular weight is 317 g/mol. The number of rotatable bonds is 6. The Bertz CT molecular complexity index is 737. The lowest BCUT2D eigenvalue weighted by atomic mass is 10.2. The predicted molar refractivity (Wildman–Crippen MR) is 84.6 cm³/mol. The zero-order valence-electron chi connectivity index (χ0n) is 13.3. The van der Waals surface area contributed by atoms with Gasteiger partial charge in [0.2, 0.25) is 5.91 Å². The Morgan fingerprint density at radius 2 is 2.00 bits per heavy atom.